The Bertz CT molecular complexity index is 1290. The molecular weight excluding hydrogens is 440 g/mol. The minimum absolute atomic E-state index is 0.210. The van der Waals surface area contributed by atoms with Crippen molar-refractivity contribution in [3.63, 3.8) is 0 Å². The SMILES string of the molecule is CCOc1ccc(S(=O)(=O)N2CCN(c3ccc(=O)n(-c4ccc(C)c(C)c4)n3)CC2)cc1. The third-order valence-electron chi connectivity index (χ3n) is 5.86. The fraction of sp³-hybridized carbons (Fsp3) is 0.333. The number of aromatic nitrogens is 2. The molecule has 4 rings (SSSR count). The standard InChI is InChI=1S/C24H28N4O4S/c1-4-32-21-7-9-22(10-8-21)33(30,31)27-15-13-26(14-16-27)23-11-12-24(29)28(25-23)20-6-5-18(2)19(3)17-20/h5-12,17H,4,13-16H2,1-3H3. The highest BCUT2D eigenvalue weighted by atomic mass is 32.2. The number of hydrogen-bond donors (Lipinski definition) is 0. The Balaban J connectivity index is 1.49. The van der Waals surface area contributed by atoms with E-state index in [4.69, 9.17) is 4.74 Å². The maximum absolute atomic E-state index is 13.0. The molecular formula is C24H28N4O4S. The molecule has 0 atom stereocenters. The number of rotatable bonds is 6. The van der Waals surface area contributed by atoms with Crippen LogP contribution in [0, 0.1) is 13.8 Å². The molecule has 8 nitrogen and oxygen atoms in total. The number of hydrogen-bond acceptors (Lipinski definition) is 6. The quantitative estimate of drug-likeness (QED) is 0.553. The van der Waals surface area contributed by atoms with Gasteiger partial charge in [0.05, 0.1) is 17.2 Å². The largest absolute Gasteiger partial charge is 0.494 e. The molecule has 174 valence electrons. The summed E-state index contributed by atoms with van der Waals surface area (Å²) < 4.78 is 34.4. The van der Waals surface area contributed by atoms with E-state index in [-0.39, 0.29) is 10.5 Å². The zero-order valence-electron chi connectivity index (χ0n) is 19.1. The summed E-state index contributed by atoms with van der Waals surface area (Å²) in [6.45, 7) is 8.05. The summed E-state index contributed by atoms with van der Waals surface area (Å²) in [5.74, 6) is 1.29. The van der Waals surface area contributed by atoms with Gasteiger partial charge in [0.2, 0.25) is 10.0 Å². The smallest absolute Gasteiger partial charge is 0.271 e. The van der Waals surface area contributed by atoms with E-state index < -0.39 is 10.0 Å². The second-order valence-electron chi connectivity index (χ2n) is 8.01. The first kappa shape index (κ1) is 23.0. The minimum atomic E-state index is -3.59. The van der Waals surface area contributed by atoms with Crippen LogP contribution < -0.4 is 15.2 Å². The first-order valence-corrected chi connectivity index (χ1v) is 12.4. The summed E-state index contributed by atoms with van der Waals surface area (Å²) in [5, 5.41) is 4.56. The second-order valence-corrected chi connectivity index (χ2v) is 9.94. The highest BCUT2D eigenvalue weighted by Crippen LogP contribution is 2.22. The van der Waals surface area contributed by atoms with Crippen molar-refractivity contribution in [1.29, 1.82) is 0 Å². The van der Waals surface area contributed by atoms with Gasteiger partial charge in [0.15, 0.2) is 0 Å². The van der Waals surface area contributed by atoms with Gasteiger partial charge in [0.25, 0.3) is 5.56 Å². The Labute approximate surface area is 194 Å². The van der Waals surface area contributed by atoms with Crippen LogP contribution in [0.4, 0.5) is 5.82 Å². The van der Waals surface area contributed by atoms with E-state index in [1.807, 2.05) is 43.9 Å². The van der Waals surface area contributed by atoms with Gasteiger partial charge in [-0.05, 0) is 74.4 Å². The van der Waals surface area contributed by atoms with Gasteiger partial charge in [-0.15, -0.1) is 5.10 Å². The van der Waals surface area contributed by atoms with E-state index in [0.717, 1.165) is 11.1 Å². The Morgan fingerprint density at radius 3 is 2.24 bits per heavy atom. The molecule has 0 radical (unpaired) electrons. The predicted molar refractivity (Wildman–Crippen MR) is 128 cm³/mol. The number of sulfonamides is 1. The topological polar surface area (TPSA) is 84.7 Å². The Morgan fingerprint density at radius 2 is 1.61 bits per heavy atom. The van der Waals surface area contributed by atoms with Crippen LogP contribution in [0.1, 0.15) is 18.1 Å². The number of benzene rings is 2. The highest BCUT2D eigenvalue weighted by molar-refractivity contribution is 7.89. The zero-order chi connectivity index (χ0) is 23.6. The van der Waals surface area contributed by atoms with Gasteiger partial charge in [-0.2, -0.15) is 8.99 Å². The van der Waals surface area contributed by atoms with Crippen molar-refractivity contribution < 1.29 is 13.2 Å². The van der Waals surface area contributed by atoms with Crippen LogP contribution in [0.15, 0.2) is 64.3 Å². The summed E-state index contributed by atoms with van der Waals surface area (Å²) in [5.41, 5.74) is 2.73. The lowest BCUT2D eigenvalue weighted by atomic mass is 10.1. The average Bonchev–Trinajstić information content (AvgIpc) is 2.82. The van der Waals surface area contributed by atoms with Crippen LogP contribution in [0.25, 0.3) is 5.69 Å². The summed E-state index contributed by atoms with van der Waals surface area (Å²) >= 11 is 0. The third-order valence-corrected chi connectivity index (χ3v) is 7.77. The zero-order valence-corrected chi connectivity index (χ0v) is 19.9. The van der Waals surface area contributed by atoms with E-state index in [0.29, 0.717) is 50.0 Å². The molecule has 0 unspecified atom stereocenters. The molecule has 2 heterocycles. The monoisotopic (exact) mass is 468 g/mol. The van der Waals surface area contributed by atoms with E-state index in [2.05, 4.69) is 5.10 Å². The molecule has 0 bridgehead atoms. The first-order valence-electron chi connectivity index (χ1n) is 11.0. The number of anilines is 1. The maximum Gasteiger partial charge on any atom is 0.271 e. The molecule has 1 saturated heterocycles. The number of aryl methyl sites for hydroxylation is 2. The molecule has 2 aromatic carbocycles. The Hall–Kier alpha value is -3.17. The van der Waals surface area contributed by atoms with Crippen molar-refractivity contribution in [1.82, 2.24) is 14.1 Å². The van der Waals surface area contributed by atoms with Gasteiger partial charge < -0.3 is 9.64 Å². The lowest BCUT2D eigenvalue weighted by Crippen LogP contribution is -2.49. The normalized spacial score (nSPS) is 14.9. The fourth-order valence-corrected chi connectivity index (χ4v) is 5.22. The van der Waals surface area contributed by atoms with Crippen LogP contribution >= 0.6 is 0 Å². The molecule has 1 fully saturated rings. The number of piperazine rings is 1. The lowest BCUT2D eigenvalue weighted by Gasteiger charge is -2.34. The van der Waals surface area contributed by atoms with Crippen molar-refractivity contribution in [2.75, 3.05) is 37.7 Å². The molecule has 1 aliphatic rings. The van der Waals surface area contributed by atoms with Gasteiger partial charge in [-0.25, -0.2) is 8.42 Å². The van der Waals surface area contributed by atoms with Crippen LogP contribution in [0.2, 0.25) is 0 Å². The average molecular weight is 469 g/mol. The second kappa shape index (κ2) is 9.36. The Morgan fingerprint density at radius 1 is 0.909 bits per heavy atom. The summed E-state index contributed by atoms with van der Waals surface area (Å²) in [7, 11) is -3.59. The number of ether oxygens (including phenoxy) is 1. The van der Waals surface area contributed by atoms with E-state index in [1.54, 1.807) is 30.3 Å². The van der Waals surface area contributed by atoms with Crippen LogP contribution in [-0.4, -0.2) is 55.3 Å². The molecule has 9 heteroatoms. The van der Waals surface area contributed by atoms with Gasteiger partial charge >= 0.3 is 0 Å². The van der Waals surface area contributed by atoms with Crippen molar-refractivity contribution in [3.05, 3.63) is 76.1 Å². The van der Waals surface area contributed by atoms with E-state index >= 15 is 0 Å². The van der Waals surface area contributed by atoms with Gasteiger partial charge in [-0.1, -0.05) is 6.07 Å². The Kier molecular flexibility index (Phi) is 6.53. The van der Waals surface area contributed by atoms with Crippen LogP contribution in [-0.2, 0) is 10.0 Å². The molecule has 0 aliphatic carbocycles. The van der Waals surface area contributed by atoms with Gasteiger partial charge in [0.1, 0.15) is 11.6 Å². The lowest BCUT2D eigenvalue weighted by molar-refractivity contribution is 0.340. The predicted octanol–water partition coefficient (Wildman–Crippen LogP) is 2.76. The summed E-state index contributed by atoms with van der Waals surface area (Å²) in [4.78, 5) is 14.7. The van der Waals surface area contributed by atoms with Crippen molar-refractivity contribution in [2.24, 2.45) is 0 Å². The summed E-state index contributed by atoms with van der Waals surface area (Å²) in [6.07, 6.45) is 0. The van der Waals surface area contributed by atoms with E-state index in [9.17, 15) is 13.2 Å². The molecule has 1 aromatic heterocycles. The highest BCUT2D eigenvalue weighted by Gasteiger charge is 2.29. The number of nitrogens with zero attached hydrogens (tertiary/aromatic N) is 4. The molecule has 0 spiro atoms. The molecule has 0 amide bonds. The van der Waals surface area contributed by atoms with Crippen LogP contribution in [0.5, 0.6) is 5.75 Å². The van der Waals surface area contributed by atoms with Crippen molar-refractivity contribution >= 4 is 15.8 Å². The summed E-state index contributed by atoms with van der Waals surface area (Å²) in [6, 6.07) is 15.5. The van der Waals surface area contributed by atoms with Crippen molar-refractivity contribution in [3.8, 4) is 11.4 Å². The van der Waals surface area contributed by atoms with Gasteiger partial charge in [0, 0.05) is 32.2 Å². The molecule has 0 saturated carbocycles. The molecule has 33 heavy (non-hydrogen) atoms. The molecule has 1 aliphatic heterocycles. The van der Waals surface area contributed by atoms with E-state index in [1.165, 1.54) is 15.1 Å². The maximum atomic E-state index is 13.0. The molecule has 3 aromatic rings. The van der Waals surface area contributed by atoms with Gasteiger partial charge in [-0.3, -0.25) is 4.79 Å². The minimum Gasteiger partial charge on any atom is -0.494 e. The molecule has 0 N–H and O–H groups in total. The van der Waals surface area contributed by atoms with Crippen molar-refractivity contribution in [2.45, 2.75) is 25.7 Å². The fourth-order valence-electron chi connectivity index (χ4n) is 3.79. The first-order chi connectivity index (χ1) is 15.8. The third kappa shape index (κ3) is 4.79. The van der Waals surface area contributed by atoms with Crippen LogP contribution in [0.3, 0.4) is 0 Å².